The van der Waals surface area contributed by atoms with Crippen molar-refractivity contribution in [2.45, 2.75) is 12.0 Å². The summed E-state index contributed by atoms with van der Waals surface area (Å²) in [6, 6.07) is 7.50. The fourth-order valence-electron chi connectivity index (χ4n) is 3.37. The van der Waals surface area contributed by atoms with Gasteiger partial charge in [0.2, 0.25) is 0 Å². The molecule has 1 aromatic carbocycles. The van der Waals surface area contributed by atoms with E-state index in [1.54, 1.807) is 24.4 Å². The Morgan fingerprint density at radius 1 is 1.10 bits per heavy atom. The van der Waals surface area contributed by atoms with E-state index in [1.807, 2.05) is 0 Å². The first kappa shape index (κ1) is 19.8. The molecule has 0 saturated heterocycles. The highest BCUT2D eigenvalue weighted by molar-refractivity contribution is 6.31. The minimum absolute atomic E-state index is 0.0450. The predicted octanol–water partition coefficient (Wildman–Crippen LogP) is 3.16. The minimum atomic E-state index is -2.81. The van der Waals surface area contributed by atoms with Crippen molar-refractivity contribution in [1.29, 1.82) is 0 Å². The van der Waals surface area contributed by atoms with Crippen molar-refractivity contribution < 1.29 is 13.6 Å². The molecule has 4 rings (SSSR count). The number of carbonyl (C=O) groups is 1. The molecule has 30 heavy (non-hydrogen) atoms. The Balaban J connectivity index is 1.99. The van der Waals surface area contributed by atoms with E-state index in [0.717, 1.165) is 6.07 Å². The van der Waals surface area contributed by atoms with Crippen LogP contribution in [0.3, 0.4) is 0 Å². The minimum Gasteiger partial charge on any atom is -0.369 e. The van der Waals surface area contributed by atoms with Crippen molar-refractivity contribution in [2.24, 2.45) is 10.7 Å². The molecule has 0 aliphatic carbocycles. The third-order valence-electron chi connectivity index (χ3n) is 4.84. The zero-order valence-corrected chi connectivity index (χ0v) is 16.4. The lowest BCUT2D eigenvalue weighted by Crippen LogP contribution is -2.41. The SMILES string of the molecule is CN1C(=O)C(c2cc(Cl)cc(-c3cnccn3)c2)(c2ccnc(C(F)F)c2)N=C1N. The normalized spacial score (nSPS) is 18.8. The standard InChI is InChI=1S/C20H15ClF2N6O/c1-29-18(30)20(28-19(29)24,12-2-3-26-15(9-12)17(22)23)13-6-11(7-14(21)8-13)16-10-25-4-5-27-16/h2-10,17H,1H3,(H2,24,28). The van der Waals surface area contributed by atoms with Gasteiger partial charge in [-0.1, -0.05) is 11.6 Å². The van der Waals surface area contributed by atoms with E-state index in [-0.39, 0.29) is 11.5 Å². The summed E-state index contributed by atoms with van der Waals surface area (Å²) in [6.45, 7) is 0. The molecule has 1 unspecified atom stereocenters. The molecule has 1 atom stereocenters. The molecule has 152 valence electrons. The Bertz CT molecular complexity index is 1160. The molecule has 0 spiro atoms. The molecule has 0 radical (unpaired) electrons. The third kappa shape index (κ3) is 3.17. The van der Waals surface area contributed by atoms with Gasteiger partial charge >= 0.3 is 0 Å². The van der Waals surface area contributed by atoms with Crippen LogP contribution in [0.15, 0.2) is 60.1 Å². The van der Waals surface area contributed by atoms with Crippen LogP contribution in [0.25, 0.3) is 11.3 Å². The lowest BCUT2D eigenvalue weighted by Gasteiger charge is -2.27. The van der Waals surface area contributed by atoms with Gasteiger partial charge in [-0.15, -0.1) is 0 Å². The van der Waals surface area contributed by atoms with Crippen molar-refractivity contribution in [1.82, 2.24) is 19.9 Å². The molecule has 7 nitrogen and oxygen atoms in total. The van der Waals surface area contributed by atoms with Crippen molar-refractivity contribution in [2.75, 3.05) is 7.05 Å². The molecule has 10 heteroatoms. The quantitative estimate of drug-likeness (QED) is 0.688. The number of alkyl halides is 2. The van der Waals surface area contributed by atoms with Gasteiger partial charge in [0.1, 0.15) is 5.69 Å². The molecule has 2 N–H and O–H groups in total. The first-order valence-corrected chi connectivity index (χ1v) is 9.16. The molecule has 3 heterocycles. The number of guanidine groups is 1. The van der Waals surface area contributed by atoms with Crippen LogP contribution in [0.5, 0.6) is 0 Å². The van der Waals surface area contributed by atoms with Gasteiger partial charge in [0.05, 0.1) is 11.9 Å². The number of benzene rings is 1. The number of aliphatic imine (C=N–C) groups is 1. The lowest BCUT2D eigenvalue weighted by atomic mass is 9.82. The van der Waals surface area contributed by atoms with E-state index in [2.05, 4.69) is 19.9 Å². The lowest BCUT2D eigenvalue weighted by molar-refractivity contribution is -0.129. The summed E-state index contributed by atoms with van der Waals surface area (Å²) < 4.78 is 26.6. The van der Waals surface area contributed by atoms with E-state index >= 15 is 0 Å². The Morgan fingerprint density at radius 3 is 2.53 bits per heavy atom. The van der Waals surface area contributed by atoms with Crippen LogP contribution in [0.1, 0.15) is 23.2 Å². The third-order valence-corrected chi connectivity index (χ3v) is 5.06. The Hall–Kier alpha value is -3.46. The van der Waals surface area contributed by atoms with Gasteiger partial charge in [0.15, 0.2) is 11.5 Å². The van der Waals surface area contributed by atoms with Crippen LogP contribution in [0.2, 0.25) is 5.02 Å². The first-order chi connectivity index (χ1) is 14.3. The fourth-order valence-corrected chi connectivity index (χ4v) is 3.61. The van der Waals surface area contributed by atoms with Crippen molar-refractivity contribution in [3.63, 3.8) is 0 Å². The van der Waals surface area contributed by atoms with Gasteiger partial charge in [0, 0.05) is 36.2 Å². The van der Waals surface area contributed by atoms with Crippen molar-refractivity contribution >= 4 is 23.5 Å². The highest BCUT2D eigenvalue weighted by atomic mass is 35.5. The number of hydrogen-bond acceptors (Lipinski definition) is 6. The molecule has 1 aliphatic rings. The molecule has 1 aliphatic heterocycles. The van der Waals surface area contributed by atoms with Crippen molar-refractivity contribution in [3.8, 4) is 11.3 Å². The number of likely N-dealkylation sites (N-methyl/N-ethyl adjacent to an activating group) is 1. The Labute approximate surface area is 175 Å². The molecule has 0 bridgehead atoms. The van der Waals surface area contributed by atoms with Crippen LogP contribution in [0.4, 0.5) is 8.78 Å². The van der Waals surface area contributed by atoms with E-state index in [1.165, 1.54) is 36.6 Å². The molecular weight excluding hydrogens is 414 g/mol. The maximum atomic E-state index is 13.3. The second-order valence-electron chi connectivity index (χ2n) is 6.63. The number of carbonyl (C=O) groups excluding carboxylic acids is 1. The second kappa shape index (κ2) is 7.42. The molecule has 0 saturated carbocycles. The summed E-state index contributed by atoms with van der Waals surface area (Å²) in [4.78, 5) is 30.9. The average Bonchev–Trinajstić information content (AvgIpc) is 2.99. The number of amides is 1. The van der Waals surface area contributed by atoms with Crippen LogP contribution in [-0.4, -0.2) is 38.8 Å². The van der Waals surface area contributed by atoms with E-state index in [4.69, 9.17) is 17.3 Å². The topological polar surface area (TPSA) is 97.4 Å². The highest BCUT2D eigenvalue weighted by Crippen LogP contribution is 2.42. The summed E-state index contributed by atoms with van der Waals surface area (Å²) in [6.07, 6.45) is 2.99. The molecule has 1 amide bonds. The number of nitrogens with two attached hydrogens (primary N) is 1. The van der Waals surface area contributed by atoms with E-state index in [0.29, 0.717) is 21.8 Å². The summed E-state index contributed by atoms with van der Waals surface area (Å²) in [5.74, 6) is -0.546. The molecular formula is C20H15ClF2N6O. The monoisotopic (exact) mass is 428 g/mol. The average molecular weight is 429 g/mol. The number of nitrogens with zero attached hydrogens (tertiary/aromatic N) is 5. The van der Waals surface area contributed by atoms with Crippen LogP contribution in [0, 0.1) is 0 Å². The predicted molar refractivity (Wildman–Crippen MR) is 107 cm³/mol. The van der Waals surface area contributed by atoms with Gasteiger partial charge < -0.3 is 5.73 Å². The summed E-state index contributed by atoms with van der Waals surface area (Å²) in [5, 5.41) is 0.312. The maximum Gasteiger partial charge on any atom is 0.280 e. The fraction of sp³-hybridized carbons (Fsp3) is 0.150. The number of halogens is 3. The van der Waals surface area contributed by atoms with Crippen LogP contribution in [-0.2, 0) is 10.3 Å². The van der Waals surface area contributed by atoms with E-state index in [9.17, 15) is 13.6 Å². The zero-order chi connectivity index (χ0) is 21.5. The van der Waals surface area contributed by atoms with Crippen molar-refractivity contribution in [3.05, 3.63) is 77.0 Å². The summed E-state index contributed by atoms with van der Waals surface area (Å²) in [7, 11) is 1.46. The number of aromatic nitrogens is 3. The maximum absolute atomic E-state index is 13.3. The number of pyridine rings is 1. The van der Waals surface area contributed by atoms with Crippen LogP contribution < -0.4 is 5.73 Å². The summed E-state index contributed by atoms with van der Waals surface area (Å²) in [5.41, 5.74) is 5.46. The number of rotatable bonds is 4. The van der Waals surface area contributed by atoms with Gasteiger partial charge in [0.25, 0.3) is 12.3 Å². The molecule has 2 aromatic heterocycles. The van der Waals surface area contributed by atoms with E-state index < -0.39 is 23.6 Å². The molecule has 0 fully saturated rings. The van der Waals surface area contributed by atoms with Gasteiger partial charge in [-0.05, 0) is 41.5 Å². The highest BCUT2D eigenvalue weighted by Gasteiger charge is 2.50. The Morgan fingerprint density at radius 2 is 1.90 bits per heavy atom. The zero-order valence-electron chi connectivity index (χ0n) is 15.6. The number of hydrogen-bond donors (Lipinski definition) is 1. The van der Waals surface area contributed by atoms with Gasteiger partial charge in [-0.25, -0.2) is 13.8 Å². The smallest absolute Gasteiger partial charge is 0.280 e. The van der Waals surface area contributed by atoms with Gasteiger partial charge in [-0.2, -0.15) is 0 Å². The van der Waals surface area contributed by atoms with Crippen LogP contribution >= 0.6 is 11.6 Å². The second-order valence-corrected chi connectivity index (χ2v) is 7.07. The summed E-state index contributed by atoms with van der Waals surface area (Å²) >= 11 is 6.34. The molecule has 3 aromatic rings. The Kier molecular flexibility index (Phi) is 4.90. The van der Waals surface area contributed by atoms with Gasteiger partial charge in [-0.3, -0.25) is 24.6 Å². The first-order valence-electron chi connectivity index (χ1n) is 8.78. The largest absolute Gasteiger partial charge is 0.369 e.